The molecule has 8 bridgehead atoms. The van der Waals surface area contributed by atoms with Gasteiger partial charge in [0, 0.05) is 37.7 Å². The van der Waals surface area contributed by atoms with E-state index in [0.29, 0.717) is 23.7 Å². The zero-order valence-electron chi connectivity index (χ0n) is 30.5. The van der Waals surface area contributed by atoms with E-state index in [9.17, 15) is 10.5 Å². The lowest BCUT2D eigenvalue weighted by Crippen LogP contribution is -2.25. The van der Waals surface area contributed by atoms with Crippen LogP contribution in [0.1, 0.15) is 121 Å². The van der Waals surface area contributed by atoms with Crippen LogP contribution in [0, 0.1) is 46.3 Å². The molecule has 5 nitrogen and oxygen atoms in total. The molecule has 9 aromatic rings. The van der Waals surface area contributed by atoms with Gasteiger partial charge in [0.2, 0.25) is 0 Å². The fraction of sp³-hybridized carbons (Fsp3) is 0.360. The number of benzene rings is 5. The molecule has 4 saturated carbocycles. The van der Waals surface area contributed by atoms with Gasteiger partial charge in [0.25, 0.3) is 0 Å². The molecule has 0 radical (unpaired) electrons. The highest BCUT2D eigenvalue weighted by atomic mass is 16.3. The number of aromatic nitrogens is 1. The maximum absolute atomic E-state index is 11.0. The van der Waals surface area contributed by atoms with E-state index in [1.54, 1.807) is 0 Å². The van der Waals surface area contributed by atoms with Crippen LogP contribution in [0.2, 0.25) is 0 Å². The standard InChI is InChI=1S/C50H37N3O2/c51-20-30-15-37-46(44-28-11-22-5-23(12-28)8-26(7-22)42(30)44)36-17-35-34-19-40-33(32-3-1-2-4-39(32)54-40)18-41(34)55-50(35)48-47-38(53(37)49(36)48)16-31(21-52)43-27-9-24-6-25(10-27)14-29(13-24)45(43)47/h1-4,15-19,22-29H,5-14H2. The van der Waals surface area contributed by atoms with Crippen molar-refractivity contribution in [3.05, 3.63) is 88.0 Å². The molecule has 55 heavy (non-hydrogen) atoms. The van der Waals surface area contributed by atoms with Gasteiger partial charge < -0.3 is 13.2 Å². The van der Waals surface area contributed by atoms with Gasteiger partial charge in [0.1, 0.15) is 22.3 Å². The summed E-state index contributed by atoms with van der Waals surface area (Å²) in [5.41, 5.74) is 14.5. The van der Waals surface area contributed by atoms with E-state index in [1.807, 2.05) is 12.1 Å². The number of para-hydroxylation sites is 1. The Morgan fingerprint density at radius 2 is 1.00 bits per heavy atom. The van der Waals surface area contributed by atoms with Crippen LogP contribution in [-0.4, -0.2) is 4.40 Å². The molecule has 0 aliphatic heterocycles. The molecule has 4 fully saturated rings. The van der Waals surface area contributed by atoms with Crippen LogP contribution in [0.15, 0.2) is 63.4 Å². The first-order valence-electron chi connectivity index (χ1n) is 21.0. The van der Waals surface area contributed by atoms with Gasteiger partial charge in [-0.25, -0.2) is 0 Å². The number of hydrogen-bond donors (Lipinski definition) is 0. The molecule has 0 saturated heterocycles. The van der Waals surface area contributed by atoms with Crippen molar-refractivity contribution in [2.75, 3.05) is 0 Å². The Morgan fingerprint density at radius 3 is 1.62 bits per heavy atom. The summed E-state index contributed by atoms with van der Waals surface area (Å²) < 4.78 is 16.2. The molecule has 17 rings (SSSR count). The first kappa shape index (κ1) is 28.9. The van der Waals surface area contributed by atoms with Crippen LogP contribution in [-0.2, 0) is 0 Å². The second kappa shape index (κ2) is 9.46. The van der Waals surface area contributed by atoms with Crippen molar-refractivity contribution in [1.82, 2.24) is 4.40 Å². The zero-order valence-corrected chi connectivity index (χ0v) is 30.5. The lowest BCUT2D eigenvalue weighted by molar-refractivity contribution is 0.166. The SMILES string of the molecule is N#Cc1cc2c(c3c1C1CC4CC(C1)CC3C4)c1cc3c4cc5oc6ccccc6c5cc4oc3c3c4c5c(c(C#N)cc4n2c13)C1CC2CC(C1)CC5C2. The minimum absolute atomic E-state index is 0.445. The smallest absolute Gasteiger partial charge is 0.145 e. The topological polar surface area (TPSA) is 78.3 Å². The molecule has 0 amide bonds. The maximum atomic E-state index is 11.0. The summed E-state index contributed by atoms with van der Waals surface area (Å²) in [5.74, 6) is 4.82. The maximum Gasteiger partial charge on any atom is 0.145 e. The Hall–Kier alpha value is -5.52. The molecule has 8 aliphatic carbocycles. The van der Waals surface area contributed by atoms with Gasteiger partial charge >= 0.3 is 0 Å². The molecule has 0 spiro atoms. The van der Waals surface area contributed by atoms with E-state index in [-0.39, 0.29) is 0 Å². The summed E-state index contributed by atoms with van der Waals surface area (Å²) in [6, 6.07) is 25.2. The molecule has 5 heteroatoms. The second-order valence-electron chi connectivity index (χ2n) is 19.0. The van der Waals surface area contributed by atoms with Crippen molar-refractivity contribution in [3.63, 3.8) is 0 Å². The van der Waals surface area contributed by atoms with E-state index in [2.05, 4.69) is 59.0 Å². The predicted octanol–water partition coefficient (Wildman–Crippen LogP) is 13.2. The Bertz CT molecular complexity index is 3350. The van der Waals surface area contributed by atoms with Crippen molar-refractivity contribution in [3.8, 4) is 12.1 Å². The summed E-state index contributed by atoms with van der Waals surface area (Å²) >= 11 is 0. The minimum atomic E-state index is 0.445. The van der Waals surface area contributed by atoms with Crippen LogP contribution in [0.4, 0.5) is 0 Å². The Labute approximate surface area is 316 Å². The first-order valence-corrected chi connectivity index (χ1v) is 21.0. The van der Waals surface area contributed by atoms with Crippen molar-refractivity contribution in [1.29, 1.82) is 10.5 Å². The first-order chi connectivity index (χ1) is 27.1. The quantitative estimate of drug-likeness (QED) is 0.157. The third-order valence-corrected chi connectivity index (χ3v) is 16.4. The summed E-state index contributed by atoms with van der Waals surface area (Å²) in [5, 5.41) is 31.5. The Kier molecular flexibility index (Phi) is 4.96. The van der Waals surface area contributed by atoms with Gasteiger partial charge in [0.05, 0.1) is 45.2 Å². The zero-order chi connectivity index (χ0) is 35.6. The van der Waals surface area contributed by atoms with Crippen LogP contribution in [0.25, 0.3) is 82.0 Å². The number of fused-ring (bicyclic) bond motifs is 13. The molecule has 4 unspecified atom stereocenters. The normalized spacial score (nSPS) is 29.1. The average molecular weight is 712 g/mol. The summed E-state index contributed by atoms with van der Waals surface area (Å²) in [6.45, 7) is 0. The van der Waals surface area contributed by atoms with Crippen molar-refractivity contribution >= 4 is 82.0 Å². The largest absolute Gasteiger partial charge is 0.456 e. The molecular formula is C50H37N3O2. The monoisotopic (exact) mass is 711 g/mol. The Balaban J connectivity index is 1.18. The summed E-state index contributed by atoms with van der Waals surface area (Å²) in [6.07, 6.45) is 12.5. The second-order valence-corrected chi connectivity index (χ2v) is 19.0. The van der Waals surface area contributed by atoms with Gasteiger partial charge in [-0.2, -0.15) is 10.5 Å². The fourth-order valence-electron chi connectivity index (χ4n) is 15.0. The van der Waals surface area contributed by atoms with Gasteiger partial charge in [-0.3, -0.25) is 0 Å². The number of furan rings is 2. The third-order valence-electron chi connectivity index (χ3n) is 16.4. The van der Waals surface area contributed by atoms with Gasteiger partial charge in [-0.05, 0) is 170 Å². The third kappa shape index (κ3) is 3.33. The van der Waals surface area contributed by atoms with Gasteiger partial charge in [-0.1, -0.05) is 18.2 Å². The van der Waals surface area contributed by atoms with E-state index >= 15 is 0 Å². The van der Waals surface area contributed by atoms with Crippen molar-refractivity contribution in [2.24, 2.45) is 23.7 Å². The summed E-state index contributed by atoms with van der Waals surface area (Å²) in [4.78, 5) is 0. The number of hydrogen-bond acceptors (Lipinski definition) is 4. The molecule has 4 heterocycles. The highest BCUT2D eigenvalue weighted by Crippen LogP contribution is 2.62. The lowest BCUT2D eigenvalue weighted by Gasteiger charge is -2.38. The van der Waals surface area contributed by atoms with Crippen molar-refractivity contribution in [2.45, 2.75) is 87.9 Å². The lowest BCUT2D eigenvalue weighted by atomic mass is 9.67. The molecule has 4 atom stereocenters. The van der Waals surface area contributed by atoms with E-state index in [4.69, 9.17) is 8.83 Å². The van der Waals surface area contributed by atoms with Gasteiger partial charge in [0.15, 0.2) is 0 Å². The van der Waals surface area contributed by atoms with Crippen molar-refractivity contribution < 1.29 is 8.83 Å². The fourth-order valence-corrected chi connectivity index (χ4v) is 15.0. The van der Waals surface area contributed by atoms with E-state index < -0.39 is 0 Å². The van der Waals surface area contributed by atoms with E-state index in [0.717, 1.165) is 89.7 Å². The predicted molar refractivity (Wildman–Crippen MR) is 216 cm³/mol. The number of nitrogens with zero attached hydrogens (tertiary/aromatic N) is 3. The highest BCUT2D eigenvalue weighted by molar-refractivity contribution is 6.34. The molecule has 264 valence electrons. The average Bonchev–Trinajstić information content (AvgIpc) is 3.86. The summed E-state index contributed by atoms with van der Waals surface area (Å²) in [7, 11) is 0. The van der Waals surface area contributed by atoms with Gasteiger partial charge in [-0.15, -0.1) is 0 Å². The minimum Gasteiger partial charge on any atom is -0.456 e. The van der Waals surface area contributed by atoms with Crippen LogP contribution >= 0.6 is 0 Å². The molecule has 0 N–H and O–H groups in total. The van der Waals surface area contributed by atoms with Crippen LogP contribution in [0.5, 0.6) is 0 Å². The van der Waals surface area contributed by atoms with E-state index in [1.165, 1.54) is 114 Å². The van der Waals surface area contributed by atoms with Crippen LogP contribution < -0.4 is 0 Å². The van der Waals surface area contributed by atoms with Crippen LogP contribution in [0.3, 0.4) is 0 Å². The molecular weight excluding hydrogens is 675 g/mol. The highest BCUT2D eigenvalue weighted by Gasteiger charge is 2.47. The molecule has 4 aromatic heterocycles. The molecule has 8 aliphatic rings. The number of rotatable bonds is 0. The molecule has 5 aromatic carbocycles. The Morgan fingerprint density at radius 1 is 0.473 bits per heavy atom. The number of nitriles is 2.